The minimum absolute atomic E-state index is 0.0564. The molecule has 0 bridgehead atoms. The largest absolute Gasteiger partial charge is 0.481 e. The smallest absolute Gasteiger partial charge is 0.304 e. The predicted molar refractivity (Wildman–Crippen MR) is 74.0 cm³/mol. The number of carboxylic acids is 1. The Morgan fingerprint density at radius 1 is 1.32 bits per heavy atom. The molecule has 2 N–H and O–H groups in total. The van der Waals surface area contributed by atoms with Crippen LogP contribution in [0.25, 0.3) is 0 Å². The molecular weight excluding hydrogens is 264 g/mol. The molecule has 1 aromatic rings. The van der Waals surface area contributed by atoms with Crippen molar-refractivity contribution in [3.05, 3.63) is 29.8 Å². The number of carbonyl (C=O) groups excluding carboxylic acids is 1. The quantitative estimate of drug-likeness (QED) is 0.743. The molecule has 19 heavy (non-hydrogen) atoms. The molecule has 0 heterocycles. The van der Waals surface area contributed by atoms with E-state index in [4.69, 9.17) is 10.4 Å². The Labute approximate surface area is 115 Å². The molecule has 0 saturated carbocycles. The first kappa shape index (κ1) is 15.1. The van der Waals surface area contributed by atoms with Crippen molar-refractivity contribution < 1.29 is 14.7 Å². The summed E-state index contributed by atoms with van der Waals surface area (Å²) in [5.41, 5.74) is 1.57. The molecule has 0 aromatic heterocycles. The molecular formula is C13H14N2O3S. The number of hydrogen-bond acceptors (Lipinski definition) is 4. The van der Waals surface area contributed by atoms with Crippen molar-refractivity contribution in [1.82, 2.24) is 0 Å². The van der Waals surface area contributed by atoms with Crippen LogP contribution < -0.4 is 5.32 Å². The number of carbonyl (C=O) groups is 2. The standard InChI is InChI=1S/C13H14N2O3S/c14-7-5-10-1-3-11(4-2-10)15-12(16)9-19-8-6-13(17)18/h1-4H,5-6,8-9H2,(H,15,16)(H,17,18). The van der Waals surface area contributed by atoms with E-state index in [1.54, 1.807) is 24.3 Å². The molecule has 0 unspecified atom stereocenters. The number of carboxylic acid groups (broad SMARTS) is 1. The van der Waals surface area contributed by atoms with Gasteiger partial charge in [0.2, 0.25) is 5.91 Å². The van der Waals surface area contributed by atoms with Gasteiger partial charge in [0.05, 0.1) is 24.7 Å². The van der Waals surface area contributed by atoms with Crippen molar-refractivity contribution >= 4 is 29.3 Å². The third-order valence-corrected chi connectivity index (χ3v) is 3.17. The summed E-state index contributed by atoms with van der Waals surface area (Å²) in [6.45, 7) is 0. The summed E-state index contributed by atoms with van der Waals surface area (Å²) in [5, 5.41) is 19.7. The lowest BCUT2D eigenvalue weighted by Gasteiger charge is -2.05. The van der Waals surface area contributed by atoms with Gasteiger partial charge in [-0.15, -0.1) is 0 Å². The highest BCUT2D eigenvalue weighted by molar-refractivity contribution is 7.99. The Morgan fingerprint density at radius 2 is 2.00 bits per heavy atom. The van der Waals surface area contributed by atoms with E-state index in [1.165, 1.54) is 11.8 Å². The van der Waals surface area contributed by atoms with Crippen molar-refractivity contribution in [2.24, 2.45) is 0 Å². The molecule has 5 nitrogen and oxygen atoms in total. The number of amides is 1. The van der Waals surface area contributed by atoms with Crippen molar-refractivity contribution in [3.63, 3.8) is 0 Å². The van der Waals surface area contributed by atoms with E-state index in [0.29, 0.717) is 17.9 Å². The van der Waals surface area contributed by atoms with Gasteiger partial charge < -0.3 is 10.4 Å². The van der Waals surface area contributed by atoms with Gasteiger partial charge in [-0.3, -0.25) is 9.59 Å². The highest BCUT2D eigenvalue weighted by Gasteiger charge is 2.04. The predicted octanol–water partition coefficient (Wildman–Crippen LogP) is 1.90. The maximum Gasteiger partial charge on any atom is 0.304 e. The SMILES string of the molecule is N#CCc1ccc(NC(=O)CSCCC(=O)O)cc1. The Morgan fingerprint density at radius 3 is 2.58 bits per heavy atom. The number of anilines is 1. The first-order chi connectivity index (χ1) is 9.11. The summed E-state index contributed by atoms with van der Waals surface area (Å²) < 4.78 is 0. The van der Waals surface area contributed by atoms with E-state index < -0.39 is 5.97 Å². The molecule has 6 heteroatoms. The number of hydrogen-bond donors (Lipinski definition) is 2. The Balaban J connectivity index is 2.32. The fourth-order valence-electron chi connectivity index (χ4n) is 1.32. The van der Waals surface area contributed by atoms with Gasteiger partial charge in [0, 0.05) is 11.4 Å². The first-order valence-corrected chi connectivity index (χ1v) is 6.82. The Bertz CT molecular complexity index is 480. The van der Waals surface area contributed by atoms with Gasteiger partial charge >= 0.3 is 5.97 Å². The van der Waals surface area contributed by atoms with Gasteiger partial charge in [0.15, 0.2) is 0 Å². The molecule has 1 aromatic carbocycles. The second kappa shape index (κ2) is 8.16. The van der Waals surface area contributed by atoms with E-state index in [-0.39, 0.29) is 18.1 Å². The van der Waals surface area contributed by atoms with Crippen LogP contribution in [0.15, 0.2) is 24.3 Å². The zero-order valence-corrected chi connectivity index (χ0v) is 11.1. The lowest BCUT2D eigenvalue weighted by atomic mass is 10.1. The molecule has 0 radical (unpaired) electrons. The fraction of sp³-hybridized carbons (Fsp3) is 0.308. The summed E-state index contributed by atoms with van der Waals surface area (Å²) in [4.78, 5) is 21.8. The van der Waals surface area contributed by atoms with Gasteiger partial charge in [-0.05, 0) is 17.7 Å². The van der Waals surface area contributed by atoms with Crippen molar-refractivity contribution in [2.45, 2.75) is 12.8 Å². The number of benzene rings is 1. The van der Waals surface area contributed by atoms with Crippen LogP contribution in [0.5, 0.6) is 0 Å². The average molecular weight is 278 g/mol. The molecule has 1 amide bonds. The third kappa shape index (κ3) is 6.48. The molecule has 0 aliphatic rings. The Kier molecular flexibility index (Phi) is 6.47. The highest BCUT2D eigenvalue weighted by Crippen LogP contribution is 2.11. The number of nitrogens with one attached hydrogen (secondary N) is 1. The maximum atomic E-state index is 11.5. The van der Waals surface area contributed by atoms with Crippen molar-refractivity contribution in [2.75, 3.05) is 16.8 Å². The second-order valence-corrected chi connectivity index (χ2v) is 4.88. The van der Waals surface area contributed by atoms with Crippen LogP contribution in [0.4, 0.5) is 5.69 Å². The lowest BCUT2D eigenvalue weighted by Crippen LogP contribution is -2.14. The van der Waals surface area contributed by atoms with E-state index in [2.05, 4.69) is 5.32 Å². The van der Waals surface area contributed by atoms with Crippen LogP contribution >= 0.6 is 11.8 Å². The van der Waals surface area contributed by atoms with Gasteiger partial charge in [-0.2, -0.15) is 17.0 Å². The minimum Gasteiger partial charge on any atom is -0.481 e. The van der Waals surface area contributed by atoms with Crippen LogP contribution in [-0.4, -0.2) is 28.5 Å². The summed E-state index contributed by atoms with van der Waals surface area (Å²) in [6, 6.07) is 9.11. The van der Waals surface area contributed by atoms with Crippen LogP contribution in [-0.2, 0) is 16.0 Å². The van der Waals surface area contributed by atoms with Crippen LogP contribution in [0, 0.1) is 11.3 Å². The monoisotopic (exact) mass is 278 g/mol. The van der Waals surface area contributed by atoms with Crippen LogP contribution in [0.2, 0.25) is 0 Å². The van der Waals surface area contributed by atoms with E-state index in [1.807, 2.05) is 6.07 Å². The highest BCUT2D eigenvalue weighted by atomic mass is 32.2. The number of nitrogens with zero attached hydrogens (tertiary/aromatic N) is 1. The van der Waals surface area contributed by atoms with E-state index >= 15 is 0 Å². The van der Waals surface area contributed by atoms with Crippen molar-refractivity contribution in [3.8, 4) is 6.07 Å². The summed E-state index contributed by atoms with van der Waals surface area (Å²) in [5.74, 6) is -0.374. The maximum absolute atomic E-state index is 11.5. The molecule has 100 valence electrons. The van der Waals surface area contributed by atoms with Gasteiger partial charge in [0.1, 0.15) is 0 Å². The lowest BCUT2D eigenvalue weighted by molar-refractivity contribution is -0.136. The molecule has 0 spiro atoms. The zero-order chi connectivity index (χ0) is 14.1. The fourth-order valence-corrected chi connectivity index (χ4v) is 2.04. The molecule has 0 atom stereocenters. The molecule has 1 rings (SSSR count). The second-order valence-electron chi connectivity index (χ2n) is 3.78. The minimum atomic E-state index is -0.860. The summed E-state index contributed by atoms with van der Waals surface area (Å²) in [7, 11) is 0. The molecule has 0 aliphatic heterocycles. The zero-order valence-electron chi connectivity index (χ0n) is 10.3. The van der Waals surface area contributed by atoms with Gasteiger partial charge in [-0.1, -0.05) is 12.1 Å². The summed E-state index contributed by atoms with van der Waals surface area (Å²) >= 11 is 1.28. The average Bonchev–Trinajstić information content (AvgIpc) is 2.37. The number of rotatable bonds is 7. The third-order valence-electron chi connectivity index (χ3n) is 2.21. The summed E-state index contributed by atoms with van der Waals surface area (Å²) in [6.07, 6.45) is 0.403. The normalized spacial score (nSPS) is 9.63. The van der Waals surface area contributed by atoms with Crippen molar-refractivity contribution in [1.29, 1.82) is 5.26 Å². The van der Waals surface area contributed by atoms with Gasteiger partial charge in [0.25, 0.3) is 0 Å². The van der Waals surface area contributed by atoms with Gasteiger partial charge in [-0.25, -0.2) is 0 Å². The Hall–Kier alpha value is -2.00. The topological polar surface area (TPSA) is 90.2 Å². The first-order valence-electron chi connectivity index (χ1n) is 5.67. The van der Waals surface area contributed by atoms with Crippen LogP contribution in [0.1, 0.15) is 12.0 Å². The van der Waals surface area contributed by atoms with Crippen LogP contribution in [0.3, 0.4) is 0 Å². The molecule has 0 fully saturated rings. The molecule has 0 aliphatic carbocycles. The van der Waals surface area contributed by atoms with E-state index in [0.717, 1.165) is 5.56 Å². The number of thioether (sulfide) groups is 1. The number of nitriles is 1. The molecule has 0 saturated heterocycles. The number of aliphatic carboxylic acids is 1. The van der Waals surface area contributed by atoms with E-state index in [9.17, 15) is 9.59 Å².